The van der Waals surface area contributed by atoms with Gasteiger partial charge in [-0.3, -0.25) is 15.5 Å². The summed E-state index contributed by atoms with van der Waals surface area (Å²) in [5.41, 5.74) is 2.95. The fourth-order valence-corrected chi connectivity index (χ4v) is 2.05. The Hall–Kier alpha value is -2.68. The molecule has 0 aliphatic carbocycles. The number of aromatic hydroxyl groups is 1. The van der Waals surface area contributed by atoms with E-state index in [1.165, 1.54) is 37.7 Å². The summed E-state index contributed by atoms with van der Waals surface area (Å²) in [6.45, 7) is 0. The molecule has 22 heavy (non-hydrogen) atoms. The smallest absolute Gasteiger partial charge is 0.313 e. The van der Waals surface area contributed by atoms with Gasteiger partial charge in [-0.1, -0.05) is 0 Å². The maximum Gasteiger partial charge on any atom is 0.313 e. The fraction of sp³-hybridized carbons (Fsp3) is 0.0769. The average Bonchev–Trinajstić information content (AvgIpc) is 2.49. The Morgan fingerprint density at radius 1 is 1.55 bits per heavy atom. The van der Waals surface area contributed by atoms with E-state index < -0.39 is 4.92 Å². The predicted octanol–water partition coefficient (Wildman–Crippen LogP) is 2.91. The van der Waals surface area contributed by atoms with E-state index in [1.807, 2.05) is 0 Å². The van der Waals surface area contributed by atoms with Gasteiger partial charge in [0.1, 0.15) is 0 Å². The van der Waals surface area contributed by atoms with Gasteiger partial charge in [-0.05, 0) is 34.1 Å². The van der Waals surface area contributed by atoms with Crippen molar-refractivity contribution in [1.82, 2.24) is 4.98 Å². The predicted molar refractivity (Wildman–Crippen MR) is 84.5 cm³/mol. The topological polar surface area (TPSA) is 110 Å². The SMILES string of the molecule is COc1cc(/C=N\Nc2ncccc2[N+](=O)[O-])c(Br)cc1O. The lowest BCUT2D eigenvalue weighted by Gasteiger charge is -2.06. The van der Waals surface area contributed by atoms with Crippen LogP contribution in [0.5, 0.6) is 11.5 Å². The number of ether oxygens (including phenoxy) is 1. The molecule has 1 heterocycles. The summed E-state index contributed by atoms with van der Waals surface area (Å²) < 4.78 is 5.59. The molecule has 2 N–H and O–H groups in total. The molecule has 0 atom stereocenters. The maximum atomic E-state index is 10.9. The number of hydrazone groups is 1. The minimum absolute atomic E-state index is 0.0140. The number of rotatable bonds is 5. The van der Waals surface area contributed by atoms with E-state index in [4.69, 9.17) is 4.74 Å². The number of nitrogens with zero attached hydrogens (tertiary/aromatic N) is 3. The lowest BCUT2D eigenvalue weighted by molar-refractivity contribution is -0.384. The highest BCUT2D eigenvalue weighted by Gasteiger charge is 2.13. The molecular weight excluding hydrogens is 356 g/mol. The molecule has 0 radical (unpaired) electrons. The van der Waals surface area contributed by atoms with Crippen LogP contribution in [0.2, 0.25) is 0 Å². The highest BCUT2D eigenvalue weighted by Crippen LogP contribution is 2.31. The van der Waals surface area contributed by atoms with Gasteiger partial charge in [-0.25, -0.2) is 4.98 Å². The number of aromatic nitrogens is 1. The normalized spacial score (nSPS) is 10.6. The quantitative estimate of drug-likeness (QED) is 0.478. The first-order chi connectivity index (χ1) is 10.5. The van der Waals surface area contributed by atoms with Gasteiger partial charge in [0.25, 0.3) is 0 Å². The largest absolute Gasteiger partial charge is 0.504 e. The second-order valence-corrected chi connectivity index (χ2v) is 4.90. The number of nitrogens with one attached hydrogen (secondary N) is 1. The van der Waals surface area contributed by atoms with Crippen LogP contribution in [0.1, 0.15) is 5.56 Å². The lowest BCUT2D eigenvalue weighted by atomic mass is 10.2. The van der Waals surface area contributed by atoms with Crippen LogP contribution in [0.3, 0.4) is 0 Å². The third-order valence-corrected chi connectivity index (χ3v) is 3.34. The molecular formula is C13H11BrN4O4. The summed E-state index contributed by atoms with van der Waals surface area (Å²) in [5.74, 6) is 0.305. The Bertz CT molecular complexity index is 736. The van der Waals surface area contributed by atoms with Crippen molar-refractivity contribution in [1.29, 1.82) is 0 Å². The Labute approximate surface area is 133 Å². The molecule has 114 valence electrons. The summed E-state index contributed by atoms with van der Waals surface area (Å²) >= 11 is 3.28. The van der Waals surface area contributed by atoms with Crippen molar-refractivity contribution >= 4 is 33.6 Å². The Morgan fingerprint density at radius 2 is 2.32 bits per heavy atom. The molecule has 1 aromatic carbocycles. The molecule has 0 aliphatic heterocycles. The molecule has 1 aromatic heterocycles. The van der Waals surface area contributed by atoms with E-state index in [0.29, 0.717) is 10.0 Å². The maximum absolute atomic E-state index is 10.9. The molecule has 9 heteroatoms. The average molecular weight is 367 g/mol. The van der Waals surface area contributed by atoms with Gasteiger partial charge >= 0.3 is 5.69 Å². The summed E-state index contributed by atoms with van der Waals surface area (Å²) in [6.07, 6.45) is 2.84. The van der Waals surface area contributed by atoms with Crippen LogP contribution < -0.4 is 10.2 Å². The van der Waals surface area contributed by atoms with Gasteiger partial charge in [0.15, 0.2) is 11.5 Å². The van der Waals surface area contributed by atoms with E-state index in [0.717, 1.165) is 0 Å². The zero-order chi connectivity index (χ0) is 16.1. The third-order valence-electron chi connectivity index (χ3n) is 2.66. The van der Waals surface area contributed by atoms with Crippen molar-refractivity contribution in [2.45, 2.75) is 0 Å². The van der Waals surface area contributed by atoms with E-state index in [2.05, 4.69) is 31.4 Å². The van der Waals surface area contributed by atoms with Gasteiger partial charge in [-0.2, -0.15) is 5.10 Å². The molecule has 8 nitrogen and oxygen atoms in total. The van der Waals surface area contributed by atoms with Gasteiger partial charge in [0.05, 0.1) is 18.2 Å². The number of anilines is 1. The molecule has 0 amide bonds. The van der Waals surface area contributed by atoms with Crippen molar-refractivity contribution in [3.8, 4) is 11.5 Å². The van der Waals surface area contributed by atoms with Crippen LogP contribution in [0.4, 0.5) is 11.5 Å². The van der Waals surface area contributed by atoms with Gasteiger partial charge in [0.2, 0.25) is 5.82 Å². The van der Waals surface area contributed by atoms with Crippen LogP contribution in [0.15, 0.2) is 40.0 Å². The first-order valence-electron chi connectivity index (χ1n) is 5.98. The highest BCUT2D eigenvalue weighted by atomic mass is 79.9. The highest BCUT2D eigenvalue weighted by molar-refractivity contribution is 9.10. The molecule has 2 rings (SSSR count). The number of benzene rings is 1. The van der Waals surface area contributed by atoms with Crippen molar-refractivity contribution in [2.24, 2.45) is 5.10 Å². The van der Waals surface area contributed by atoms with Crippen LogP contribution in [-0.2, 0) is 0 Å². The Kier molecular flexibility index (Phi) is 4.89. The monoisotopic (exact) mass is 366 g/mol. The summed E-state index contributed by atoms with van der Waals surface area (Å²) in [7, 11) is 1.43. The van der Waals surface area contributed by atoms with Crippen molar-refractivity contribution < 1.29 is 14.8 Å². The second kappa shape index (κ2) is 6.85. The zero-order valence-corrected chi connectivity index (χ0v) is 12.9. The Balaban J connectivity index is 2.22. The third kappa shape index (κ3) is 3.50. The van der Waals surface area contributed by atoms with Crippen molar-refractivity contribution in [3.63, 3.8) is 0 Å². The van der Waals surface area contributed by atoms with E-state index in [9.17, 15) is 15.2 Å². The van der Waals surface area contributed by atoms with Crippen LogP contribution in [0.25, 0.3) is 0 Å². The molecule has 0 fully saturated rings. The second-order valence-electron chi connectivity index (χ2n) is 4.04. The molecule has 0 bridgehead atoms. The molecule has 0 saturated heterocycles. The van der Waals surface area contributed by atoms with Crippen LogP contribution in [-0.4, -0.2) is 28.3 Å². The number of methoxy groups -OCH3 is 1. The van der Waals surface area contributed by atoms with Gasteiger partial charge in [0, 0.05) is 22.3 Å². The number of phenolic OH excluding ortho intramolecular Hbond substituents is 1. The van der Waals surface area contributed by atoms with Gasteiger partial charge < -0.3 is 9.84 Å². The lowest BCUT2D eigenvalue weighted by Crippen LogP contribution is -1.99. The van der Waals surface area contributed by atoms with Crippen LogP contribution >= 0.6 is 15.9 Å². The van der Waals surface area contributed by atoms with Gasteiger partial charge in [-0.15, -0.1) is 0 Å². The summed E-state index contributed by atoms with van der Waals surface area (Å²) in [5, 5.41) is 24.4. The molecule has 0 unspecified atom stereocenters. The number of hydrogen-bond donors (Lipinski definition) is 2. The number of halogens is 1. The standard InChI is InChI=1S/C13H11BrN4O4/c1-22-12-5-8(9(14)6-11(12)19)7-16-17-13-10(18(20)21)3-2-4-15-13/h2-7,19H,1H3,(H,15,17)/b16-7-. The van der Waals surface area contributed by atoms with E-state index in [-0.39, 0.29) is 23.0 Å². The molecule has 0 aliphatic rings. The van der Waals surface area contributed by atoms with Crippen LogP contribution in [0, 0.1) is 10.1 Å². The fourth-order valence-electron chi connectivity index (χ4n) is 1.61. The first-order valence-corrected chi connectivity index (χ1v) is 6.77. The molecule has 0 saturated carbocycles. The number of nitro groups is 1. The summed E-state index contributed by atoms with van der Waals surface area (Å²) in [6, 6.07) is 5.82. The van der Waals surface area contributed by atoms with E-state index >= 15 is 0 Å². The molecule has 2 aromatic rings. The number of hydrogen-bond acceptors (Lipinski definition) is 7. The number of phenols is 1. The minimum atomic E-state index is -0.551. The van der Waals surface area contributed by atoms with E-state index in [1.54, 1.807) is 6.07 Å². The van der Waals surface area contributed by atoms with Crippen molar-refractivity contribution in [2.75, 3.05) is 12.5 Å². The number of pyridine rings is 1. The zero-order valence-electron chi connectivity index (χ0n) is 11.4. The molecule has 0 spiro atoms. The Morgan fingerprint density at radius 3 is 3.00 bits per heavy atom. The van der Waals surface area contributed by atoms with Crippen molar-refractivity contribution in [3.05, 3.63) is 50.6 Å². The first kappa shape index (κ1) is 15.7. The minimum Gasteiger partial charge on any atom is -0.504 e. The summed E-state index contributed by atoms with van der Waals surface area (Å²) in [4.78, 5) is 14.2.